The van der Waals surface area contributed by atoms with Crippen molar-refractivity contribution in [1.29, 1.82) is 0 Å². The molecule has 11 rings (SSSR count). The van der Waals surface area contributed by atoms with Gasteiger partial charge in [-0.15, -0.1) is 19.0 Å². The standard InChI is InChI=1S/C68H83F2N18O15P3S2/c1-40(2)55(82-52(90)22-7-6-15-29-88-59-46-18-9-8-17-43(46)32-85(49-20-11-10-19-47(49)56(59)83-84-88)53(91)23-13-12-21-51(89)73-28-14-4-5-16-30-98-105(96)107)66(93)80-41(3)65(92)81-44-26-24-42(25-27-44)35-108-106(97,100-33-45-31-48(69)67(101-45)86-38-78-57-61(71)74-36-76-63(57)86)103-60-50(34-99-104(94)95)102-68(54(60)70)87-39-79-58-62(72)75-37-77-64(58)87/h8-11,17-20,24-27,36-41,45,48,50,54-55,60,67-68H,4-7,12-16,21-23,28-35H2,1-3H3,(H8-2,71,72,73,74,75,76,77,80,81,82,89,90,92,93,94,95,96,107)/p+2/t41-,45-,48+,50+,54+,55-,60+,67+,68+,106?/m0/s1. The highest BCUT2D eigenvalue weighted by molar-refractivity contribution is 8.54. The van der Waals surface area contributed by atoms with Crippen LogP contribution < -0.4 is 37.6 Å². The molecule has 0 spiro atoms. The summed E-state index contributed by atoms with van der Waals surface area (Å²) in [5.41, 5.74) is 18.1. The van der Waals surface area contributed by atoms with Crippen LogP contribution >= 0.6 is 45.9 Å². The second-order valence-corrected chi connectivity index (χ2v) is 32.9. The van der Waals surface area contributed by atoms with Gasteiger partial charge >= 0.3 is 22.3 Å². The van der Waals surface area contributed by atoms with E-state index in [9.17, 15) is 38.0 Å². The van der Waals surface area contributed by atoms with Crippen molar-refractivity contribution in [2.45, 2.75) is 178 Å². The first-order valence-corrected chi connectivity index (χ1v) is 41.9. The van der Waals surface area contributed by atoms with E-state index in [-0.39, 0.29) is 82.6 Å². The van der Waals surface area contributed by atoms with Crippen LogP contribution in [0.1, 0.15) is 128 Å². The first-order chi connectivity index (χ1) is 52.0. The third-order valence-corrected chi connectivity index (χ3v) is 23.1. The number of nitrogen functional groups attached to an aromatic ring is 2. The molecule has 8 heterocycles. The Bertz CT molecular complexity index is 4570. The van der Waals surface area contributed by atoms with E-state index in [4.69, 9.17) is 44.1 Å². The van der Waals surface area contributed by atoms with Gasteiger partial charge in [0.05, 0.1) is 43.3 Å². The normalized spacial score (nSPS) is 19.7. The Morgan fingerprint density at radius 1 is 0.750 bits per heavy atom. The summed E-state index contributed by atoms with van der Waals surface area (Å²) < 4.78 is 109. The van der Waals surface area contributed by atoms with Gasteiger partial charge in [-0.25, -0.2) is 47.9 Å². The molecule has 9 N–H and O–H groups in total. The fourth-order valence-corrected chi connectivity index (χ4v) is 17.0. The van der Waals surface area contributed by atoms with Gasteiger partial charge in [0, 0.05) is 65.9 Å². The van der Waals surface area contributed by atoms with Crippen molar-refractivity contribution in [3.05, 3.63) is 109 Å². The minimum absolute atomic E-state index is 0.00904. The van der Waals surface area contributed by atoms with E-state index in [1.807, 2.05) is 53.2 Å². The number of nitrogens with two attached hydrogens (primary N) is 2. The minimum atomic E-state index is -4.63. The third-order valence-electron chi connectivity index (χ3n) is 18.4. The van der Waals surface area contributed by atoms with Crippen LogP contribution in [0.4, 0.5) is 31.8 Å². The molecule has 0 saturated carbocycles. The summed E-state index contributed by atoms with van der Waals surface area (Å²) in [6.45, 7) is 0.900. The lowest BCUT2D eigenvalue weighted by Crippen LogP contribution is -2.53. The monoisotopic (exact) mass is 1590 g/mol. The summed E-state index contributed by atoms with van der Waals surface area (Å²) in [7, 11) is -5.12. The largest absolute Gasteiger partial charge is 0.694 e. The number of halogens is 2. The number of rotatable bonds is 38. The Morgan fingerprint density at radius 3 is 2.12 bits per heavy atom. The number of nitrogens with zero attached hydrogens (tertiary/aromatic N) is 12. The first kappa shape index (κ1) is 80.6. The molecular weight excluding hydrogens is 1500 g/mol. The smallest absolute Gasteiger partial charge is 0.382 e. The maximum Gasteiger partial charge on any atom is 0.694 e. The summed E-state index contributed by atoms with van der Waals surface area (Å²) in [5.74, 6) is -2.06. The Hall–Kier alpha value is -8.44. The van der Waals surface area contributed by atoms with E-state index in [1.54, 1.807) is 43.0 Å². The highest BCUT2D eigenvalue weighted by Gasteiger charge is 2.52. The number of hydrogen-bond acceptors (Lipinski definition) is 25. The molecule has 8 aromatic rings. The number of anilines is 4. The molecule has 0 aliphatic carbocycles. The van der Waals surface area contributed by atoms with E-state index in [0.29, 0.717) is 98.8 Å². The molecule has 3 aromatic carbocycles. The molecule has 5 aromatic heterocycles. The topological polar surface area (TPSA) is 433 Å². The van der Waals surface area contributed by atoms with Crippen molar-refractivity contribution in [1.82, 2.24) is 70.0 Å². The number of hydrogen-bond donors (Lipinski definition) is 8. The summed E-state index contributed by atoms with van der Waals surface area (Å²) in [6, 6.07) is 19.7. The van der Waals surface area contributed by atoms with Crippen LogP contribution in [0.15, 0.2) is 98.1 Å². The zero-order chi connectivity index (χ0) is 76.6. The zero-order valence-electron chi connectivity index (χ0n) is 59.3. The van der Waals surface area contributed by atoms with E-state index >= 15 is 13.3 Å². The van der Waals surface area contributed by atoms with Crippen molar-refractivity contribution in [2.75, 3.05) is 48.0 Å². The molecule has 3 aliphatic heterocycles. The number of amides is 5. The number of unbranched alkanes of at least 4 members (excludes halogenated alkanes) is 6. The van der Waals surface area contributed by atoms with Crippen LogP contribution in [-0.2, 0) is 84.1 Å². The SMILES string of the molecule is CC(C)[C@H](NC(=O)CCCCCn1nnc2c1-c1ccccc1CN(C(=O)CCCCC(=O)NCCCCCCO[P+](=O)S)c1ccccc1-2)C(=O)N[C@@H](C)C(=O)Nc1ccc(CSP(=O)(OC[C@@H]2C[C@@H](F)[C@H](n3cnc4c(N)ncnc43)O2)O[C@H]2[C@@H](F)[C@H](n3cnc4c(N)ncnc43)O[C@@H]2CO[P+](=O)O)cc1. The molecule has 2 fully saturated rings. The van der Waals surface area contributed by atoms with Crippen LogP contribution in [0.5, 0.6) is 0 Å². The van der Waals surface area contributed by atoms with E-state index in [2.05, 4.69) is 68.6 Å². The molecule has 5 amide bonds. The predicted octanol–water partition coefficient (Wildman–Crippen LogP) is 10.3. The highest BCUT2D eigenvalue weighted by atomic mass is 32.7. The Kier molecular flexibility index (Phi) is 28.2. The minimum Gasteiger partial charge on any atom is -0.382 e. The molecule has 0 radical (unpaired) electrons. The van der Waals surface area contributed by atoms with Gasteiger partial charge in [-0.1, -0.05) is 92.9 Å². The van der Waals surface area contributed by atoms with Crippen molar-refractivity contribution in [3.63, 3.8) is 0 Å². The van der Waals surface area contributed by atoms with Gasteiger partial charge in [0.2, 0.25) is 29.5 Å². The van der Waals surface area contributed by atoms with Crippen molar-refractivity contribution < 1.29 is 78.9 Å². The fourth-order valence-electron chi connectivity index (χ4n) is 12.8. The fraction of sp³-hybridized carbons (Fsp3) is 0.485. The van der Waals surface area contributed by atoms with Crippen molar-refractivity contribution in [2.24, 2.45) is 5.92 Å². The van der Waals surface area contributed by atoms with Gasteiger partial charge in [0.25, 0.3) is 0 Å². The summed E-state index contributed by atoms with van der Waals surface area (Å²) in [4.78, 5) is 104. The molecule has 108 heavy (non-hydrogen) atoms. The molecule has 576 valence electrons. The van der Waals surface area contributed by atoms with Gasteiger partial charge < -0.3 is 47.1 Å². The van der Waals surface area contributed by atoms with Crippen LogP contribution in [-0.4, -0.2) is 158 Å². The van der Waals surface area contributed by atoms with Crippen molar-refractivity contribution in [3.8, 4) is 22.5 Å². The molecule has 40 heteroatoms. The molecule has 3 aliphatic rings. The Balaban J connectivity index is 0.656. The average Bonchev–Trinajstić information content (AvgIpc) is 1.55. The number of aryl methyl sites for hydroxylation is 1. The third kappa shape index (κ3) is 20.5. The van der Waals surface area contributed by atoms with E-state index in [0.717, 1.165) is 54.4 Å². The number of imidazole rings is 2. The van der Waals surface area contributed by atoms with E-state index < -0.39 is 103 Å². The number of para-hydroxylation sites is 1. The number of nitrogens with one attached hydrogen (secondary N) is 4. The second-order valence-electron chi connectivity index (χ2n) is 26.4. The van der Waals surface area contributed by atoms with Crippen LogP contribution in [0.2, 0.25) is 0 Å². The van der Waals surface area contributed by atoms with Crippen LogP contribution in [0.25, 0.3) is 44.8 Å². The van der Waals surface area contributed by atoms with Gasteiger partial charge in [0.1, 0.15) is 85.3 Å². The maximum atomic E-state index is 17.0. The number of thiol groups is 1. The number of carbonyl (C=O) groups excluding carboxylic acids is 5. The number of aromatic nitrogens is 11. The lowest BCUT2D eigenvalue weighted by molar-refractivity contribution is -0.131. The first-order valence-electron chi connectivity index (χ1n) is 35.3. The van der Waals surface area contributed by atoms with Crippen LogP contribution in [0, 0.1) is 5.92 Å². The number of alkyl halides is 2. The molecule has 0 bridgehead atoms. The molecule has 2 saturated heterocycles. The van der Waals surface area contributed by atoms with Gasteiger partial charge in [-0.2, -0.15) is 0 Å². The average molecular weight is 1590 g/mol. The lowest BCUT2D eigenvalue weighted by atomic mass is 9.95. The van der Waals surface area contributed by atoms with Gasteiger partial charge in [-0.3, -0.25) is 42.2 Å². The maximum absolute atomic E-state index is 17.0. The number of carbonyl (C=O) groups is 5. The molecular formula is C68H85F2N18O15P3S2+2. The number of fused-ring (bicyclic) bond motifs is 7. The molecule has 12 atom stereocenters. The van der Waals surface area contributed by atoms with Crippen molar-refractivity contribution >= 4 is 121 Å². The number of benzene rings is 3. The second kappa shape index (κ2) is 37.8. The molecule has 3 unspecified atom stereocenters. The summed E-state index contributed by atoms with van der Waals surface area (Å²) >= 11 is 4.37. The summed E-state index contributed by atoms with van der Waals surface area (Å²) in [5, 5.41) is 20.6. The van der Waals surface area contributed by atoms with Gasteiger partial charge in [0.15, 0.2) is 41.6 Å². The van der Waals surface area contributed by atoms with Crippen LogP contribution in [0.3, 0.4) is 0 Å². The zero-order valence-corrected chi connectivity index (χ0v) is 63.7. The van der Waals surface area contributed by atoms with Gasteiger partial charge in [-0.05, 0) is 96.6 Å². The quantitative estimate of drug-likeness (QED) is 0.0101. The Labute approximate surface area is 630 Å². The number of ether oxygens (including phenoxy) is 2. The Morgan fingerprint density at radius 2 is 1.41 bits per heavy atom. The predicted molar refractivity (Wildman–Crippen MR) is 400 cm³/mol. The van der Waals surface area contributed by atoms with E-state index in [1.165, 1.54) is 35.0 Å². The lowest BCUT2D eigenvalue weighted by Gasteiger charge is -2.28. The summed E-state index contributed by atoms with van der Waals surface area (Å²) in [6.07, 6.45) is 0.520. The molecule has 33 nitrogen and oxygen atoms in total. The highest BCUT2D eigenvalue weighted by Crippen LogP contribution is 2.64.